The van der Waals surface area contributed by atoms with Gasteiger partial charge in [0.1, 0.15) is 25.0 Å². The van der Waals surface area contributed by atoms with Crippen LogP contribution in [0.25, 0.3) is 21.8 Å². The van der Waals surface area contributed by atoms with Crippen LogP contribution >= 0.6 is 0 Å². The van der Waals surface area contributed by atoms with Crippen LogP contribution in [0.2, 0.25) is 0 Å². The third-order valence-electron chi connectivity index (χ3n) is 5.11. The quantitative estimate of drug-likeness (QED) is 0.491. The van der Waals surface area contributed by atoms with Gasteiger partial charge in [0.2, 0.25) is 5.90 Å². The molecule has 30 heavy (non-hydrogen) atoms. The lowest BCUT2D eigenvalue weighted by molar-refractivity contribution is 0.228. The minimum atomic E-state index is -0.0719. The van der Waals surface area contributed by atoms with Crippen molar-refractivity contribution in [3.05, 3.63) is 66.7 Å². The van der Waals surface area contributed by atoms with Crippen LogP contribution < -0.4 is 14.2 Å². The zero-order valence-electron chi connectivity index (χ0n) is 16.6. The Morgan fingerprint density at radius 2 is 1.67 bits per heavy atom. The molecule has 1 aliphatic rings. The molecule has 3 aromatic carbocycles. The van der Waals surface area contributed by atoms with E-state index in [1.807, 2.05) is 48.5 Å². The fraction of sp³-hybridized carbons (Fsp3) is 0.208. The van der Waals surface area contributed by atoms with Crippen molar-refractivity contribution in [1.29, 1.82) is 0 Å². The van der Waals surface area contributed by atoms with E-state index in [-0.39, 0.29) is 12.6 Å². The van der Waals surface area contributed by atoms with Gasteiger partial charge in [-0.15, -0.1) is 0 Å². The van der Waals surface area contributed by atoms with Crippen molar-refractivity contribution in [2.45, 2.75) is 6.04 Å². The van der Waals surface area contributed by atoms with Crippen molar-refractivity contribution >= 4 is 27.7 Å². The van der Waals surface area contributed by atoms with Crippen LogP contribution in [0.3, 0.4) is 0 Å². The van der Waals surface area contributed by atoms with Gasteiger partial charge in [-0.1, -0.05) is 36.4 Å². The molecular formula is C24H22N2O4. The predicted molar refractivity (Wildman–Crippen MR) is 117 cm³/mol. The summed E-state index contributed by atoms with van der Waals surface area (Å²) < 4.78 is 23.0. The number of aromatic nitrogens is 1. The lowest BCUT2D eigenvalue weighted by Crippen LogP contribution is -2.17. The van der Waals surface area contributed by atoms with Crippen molar-refractivity contribution in [3.8, 4) is 17.2 Å². The molecule has 0 saturated carbocycles. The molecule has 1 aromatic heterocycles. The summed E-state index contributed by atoms with van der Waals surface area (Å²) in [6, 6.07) is 21.7. The fourth-order valence-electron chi connectivity index (χ4n) is 3.69. The van der Waals surface area contributed by atoms with Gasteiger partial charge in [-0.3, -0.25) is 0 Å². The van der Waals surface area contributed by atoms with E-state index in [4.69, 9.17) is 18.9 Å². The first-order chi connectivity index (χ1) is 14.8. The second kappa shape index (κ2) is 7.99. The number of methoxy groups -OCH3 is 1. The van der Waals surface area contributed by atoms with Crippen LogP contribution in [0.4, 0.5) is 0 Å². The van der Waals surface area contributed by atoms with Gasteiger partial charge in [-0.25, -0.2) is 4.99 Å². The van der Waals surface area contributed by atoms with Gasteiger partial charge in [-0.2, -0.15) is 0 Å². The first-order valence-electron chi connectivity index (χ1n) is 9.89. The summed E-state index contributed by atoms with van der Waals surface area (Å²) in [5.41, 5.74) is 2.14. The molecule has 1 N–H and O–H groups in total. The van der Waals surface area contributed by atoms with Crippen molar-refractivity contribution < 1.29 is 18.9 Å². The fourth-order valence-corrected chi connectivity index (χ4v) is 3.69. The average molecular weight is 402 g/mol. The van der Waals surface area contributed by atoms with Crippen LogP contribution in [0.1, 0.15) is 0 Å². The zero-order valence-corrected chi connectivity index (χ0v) is 16.6. The van der Waals surface area contributed by atoms with E-state index in [0.717, 1.165) is 27.6 Å². The Morgan fingerprint density at radius 1 is 0.900 bits per heavy atom. The molecule has 0 amide bonds. The maximum atomic E-state index is 6.08. The Balaban J connectivity index is 1.26. The Hall–Kier alpha value is -3.67. The number of benzene rings is 3. The lowest BCUT2D eigenvalue weighted by atomic mass is 10.1. The molecule has 152 valence electrons. The average Bonchev–Trinajstić information content (AvgIpc) is 3.41. The van der Waals surface area contributed by atoms with Crippen LogP contribution in [0.5, 0.6) is 17.2 Å². The van der Waals surface area contributed by atoms with E-state index in [9.17, 15) is 0 Å². The predicted octanol–water partition coefficient (Wildman–Crippen LogP) is 4.58. The molecule has 2 heterocycles. The van der Waals surface area contributed by atoms with Crippen LogP contribution in [0, 0.1) is 0 Å². The summed E-state index contributed by atoms with van der Waals surface area (Å²) in [7, 11) is 1.63. The first kappa shape index (κ1) is 18.4. The number of H-pyrrole nitrogens is 1. The van der Waals surface area contributed by atoms with Gasteiger partial charge in [-0.05, 0) is 30.3 Å². The first-order valence-corrected chi connectivity index (χ1v) is 9.89. The van der Waals surface area contributed by atoms with E-state index in [1.54, 1.807) is 7.11 Å². The minimum Gasteiger partial charge on any atom is -0.493 e. The number of nitrogens with zero attached hydrogens (tertiary/aromatic N) is 1. The van der Waals surface area contributed by atoms with Gasteiger partial charge in [0.15, 0.2) is 18.1 Å². The van der Waals surface area contributed by atoms with E-state index in [1.165, 1.54) is 0 Å². The Kier molecular flexibility index (Phi) is 4.89. The number of ether oxygens (including phenoxy) is 4. The molecule has 0 aliphatic carbocycles. The smallest absolute Gasteiger partial charge is 0.223 e. The van der Waals surface area contributed by atoms with Gasteiger partial charge < -0.3 is 23.9 Å². The van der Waals surface area contributed by atoms with Crippen LogP contribution in [0.15, 0.2) is 71.7 Å². The summed E-state index contributed by atoms with van der Waals surface area (Å²) in [6.45, 7) is 1.18. The number of fused-ring (bicyclic) bond motifs is 3. The van der Waals surface area contributed by atoms with Crippen molar-refractivity contribution in [2.24, 2.45) is 4.99 Å². The summed E-state index contributed by atoms with van der Waals surface area (Å²) in [5.74, 6) is 2.80. The number of hydrogen-bond donors (Lipinski definition) is 1. The van der Waals surface area contributed by atoms with E-state index in [2.05, 4.69) is 28.2 Å². The largest absolute Gasteiger partial charge is 0.493 e. The molecule has 1 unspecified atom stereocenters. The molecule has 0 spiro atoms. The number of para-hydroxylation sites is 3. The minimum absolute atomic E-state index is 0.0719. The zero-order chi connectivity index (χ0) is 20.3. The Morgan fingerprint density at radius 3 is 2.57 bits per heavy atom. The highest BCUT2D eigenvalue weighted by Gasteiger charge is 2.21. The molecule has 6 heteroatoms. The summed E-state index contributed by atoms with van der Waals surface area (Å²) in [4.78, 5) is 8.03. The Labute approximate surface area is 174 Å². The van der Waals surface area contributed by atoms with Crippen molar-refractivity contribution in [1.82, 2.24) is 4.98 Å². The molecule has 0 radical (unpaired) electrons. The lowest BCUT2D eigenvalue weighted by Gasteiger charge is -2.11. The maximum absolute atomic E-state index is 6.08. The van der Waals surface area contributed by atoms with Gasteiger partial charge in [0, 0.05) is 16.3 Å². The molecule has 4 aromatic rings. The highest BCUT2D eigenvalue weighted by molar-refractivity contribution is 6.10. The summed E-state index contributed by atoms with van der Waals surface area (Å²) >= 11 is 0. The highest BCUT2D eigenvalue weighted by atomic mass is 16.5. The molecule has 5 rings (SSSR count). The molecule has 1 aliphatic heterocycles. The third-order valence-corrected chi connectivity index (χ3v) is 5.11. The monoisotopic (exact) mass is 402 g/mol. The van der Waals surface area contributed by atoms with Gasteiger partial charge >= 0.3 is 0 Å². The number of aromatic amines is 1. The second-order valence-corrected chi connectivity index (χ2v) is 7.09. The van der Waals surface area contributed by atoms with Crippen LogP contribution in [-0.2, 0) is 4.74 Å². The topological polar surface area (TPSA) is 65.1 Å². The number of hydrogen-bond acceptors (Lipinski definition) is 5. The standard InChI is InChI=1S/C24H22N2O4/c1-27-20-10-4-5-11-21(20)28-13-16-14-30-23(25-16)15-29-22-12-6-9-19-24(22)17-7-2-3-8-18(17)26-19/h2-12,16,26H,13-15H2,1H3. The molecule has 0 fully saturated rings. The van der Waals surface area contributed by atoms with E-state index >= 15 is 0 Å². The summed E-state index contributed by atoms with van der Waals surface area (Å²) in [6.07, 6.45) is 0. The second-order valence-electron chi connectivity index (χ2n) is 7.09. The molecule has 0 bridgehead atoms. The maximum Gasteiger partial charge on any atom is 0.223 e. The number of rotatable bonds is 7. The molecule has 0 saturated heterocycles. The van der Waals surface area contributed by atoms with E-state index in [0.29, 0.717) is 30.6 Å². The molecular weight excluding hydrogens is 380 g/mol. The Bertz CT molecular complexity index is 1210. The van der Waals surface area contributed by atoms with Crippen LogP contribution in [-0.4, -0.2) is 43.9 Å². The molecule has 6 nitrogen and oxygen atoms in total. The highest BCUT2D eigenvalue weighted by Crippen LogP contribution is 2.33. The van der Waals surface area contributed by atoms with Gasteiger partial charge in [0.05, 0.1) is 12.6 Å². The third kappa shape index (κ3) is 3.52. The normalized spacial score (nSPS) is 15.8. The van der Waals surface area contributed by atoms with Gasteiger partial charge in [0.25, 0.3) is 0 Å². The SMILES string of the molecule is COc1ccccc1OCC1COC(COc2cccc3[nH]c4ccccc4c23)=N1. The number of nitrogens with one attached hydrogen (secondary N) is 1. The molecule has 1 atom stereocenters. The number of aliphatic imine (C=N–C) groups is 1. The van der Waals surface area contributed by atoms with Crippen molar-refractivity contribution in [3.63, 3.8) is 0 Å². The van der Waals surface area contributed by atoms with E-state index < -0.39 is 0 Å². The van der Waals surface area contributed by atoms with Crippen molar-refractivity contribution in [2.75, 3.05) is 26.9 Å². The summed E-state index contributed by atoms with van der Waals surface area (Å²) in [5, 5.41) is 2.21.